The molecule has 4 nitrogen and oxygen atoms in total. The highest BCUT2D eigenvalue weighted by molar-refractivity contribution is 5.93. The van der Waals surface area contributed by atoms with Crippen molar-refractivity contribution >= 4 is 17.3 Å². The van der Waals surface area contributed by atoms with Crippen molar-refractivity contribution in [2.24, 2.45) is 0 Å². The minimum atomic E-state index is -0.0920. The fraction of sp³-hybridized carbons (Fsp3) is 0.211. The van der Waals surface area contributed by atoms with Gasteiger partial charge in [0.25, 0.3) is 0 Å². The lowest BCUT2D eigenvalue weighted by Gasteiger charge is -2.12. The fourth-order valence-corrected chi connectivity index (χ4v) is 2.11. The van der Waals surface area contributed by atoms with Crippen LogP contribution in [-0.4, -0.2) is 19.1 Å². The summed E-state index contributed by atoms with van der Waals surface area (Å²) in [5, 5.41) is 6.02. The first-order valence-corrected chi connectivity index (χ1v) is 7.54. The zero-order chi connectivity index (χ0) is 16.7. The van der Waals surface area contributed by atoms with Crippen molar-refractivity contribution in [1.29, 1.82) is 0 Å². The highest BCUT2D eigenvalue weighted by Gasteiger charge is 2.05. The number of carbonyl (C=O) groups is 1. The molecule has 0 fully saturated rings. The molecule has 2 rings (SSSR count). The van der Waals surface area contributed by atoms with Crippen LogP contribution < -0.4 is 15.4 Å². The summed E-state index contributed by atoms with van der Waals surface area (Å²) in [6.45, 7) is 8.38. The van der Waals surface area contributed by atoms with Crippen LogP contribution >= 0.6 is 0 Å². The van der Waals surface area contributed by atoms with Gasteiger partial charge < -0.3 is 15.4 Å². The minimum absolute atomic E-state index is 0.0920. The second-order valence-electron chi connectivity index (χ2n) is 5.27. The number of nitrogens with one attached hydrogen (secondary N) is 2. The molecule has 0 atom stereocenters. The van der Waals surface area contributed by atoms with Gasteiger partial charge in [0.1, 0.15) is 12.4 Å². The Morgan fingerprint density at radius 3 is 2.61 bits per heavy atom. The molecule has 0 saturated heterocycles. The molecule has 0 aromatic heterocycles. The van der Waals surface area contributed by atoms with E-state index in [0.29, 0.717) is 6.61 Å². The summed E-state index contributed by atoms with van der Waals surface area (Å²) in [5.74, 6) is 0.655. The van der Waals surface area contributed by atoms with E-state index in [1.54, 1.807) is 6.08 Å². The van der Waals surface area contributed by atoms with Crippen LogP contribution in [0.3, 0.4) is 0 Å². The van der Waals surface area contributed by atoms with Crippen molar-refractivity contribution in [1.82, 2.24) is 0 Å². The summed E-state index contributed by atoms with van der Waals surface area (Å²) in [5.41, 5.74) is 4.08. The van der Waals surface area contributed by atoms with Gasteiger partial charge in [0, 0.05) is 11.4 Å². The third-order valence-electron chi connectivity index (χ3n) is 3.55. The van der Waals surface area contributed by atoms with Gasteiger partial charge in [-0.15, -0.1) is 0 Å². The molecule has 0 unspecified atom stereocenters. The van der Waals surface area contributed by atoms with Crippen molar-refractivity contribution in [3.8, 4) is 5.75 Å². The Hall–Kier alpha value is -2.75. The summed E-state index contributed by atoms with van der Waals surface area (Å²) in [4.78, 5) is 12.0. The van der Waals surface area contributed by atoms with E-state index in [1.807, 2.05) is 43.3 Å². The van der Waals surface area contributed by atoms with Crippen LogP contribution in [0.25, 0.3) is 0 Å². The van der Waals surface area contributed by atoms with E-state index >= 15 is 0 Å². The van der Waals surface area contributed by atoms with Crippen LogP contribution in [-0.2, 0) is 4.79 Å². The summed E-state index contributed by atoms with van der Waals surface area (Å²) >= 11 is 0. The topological polar surface area (TPSA) is 50.4 Å². The molecule has 0 spiro atoms. The van der Waals surface area contributed by atoms with Crippen molar-refractivity contribution in [3.63, 3.8) is 0 Å². The molecule has 2 aromatic carbocycles. The first-order valence-electron chi connectivity index (χ1n) is 7.54. The molecular formula is C19H22N2O2. The SMILES string of the molecule is C=CCOc1ccc(NC(=O)CNc2cccc(C)c2C)cc1. The molecule has 0 aliphatic rings. The Morgan fingerprint density at radius 1 is 1.17 bits per heavy atom. The van der Waals surface area contributed by atoms with E-state index in [2.05, 4.69) is 30.2 Å². The normalized spacial score (nSPS) is 10.0. The molecule has 0 heterocycles. The van der Waals surface area contributed by atoms with E-state index in [0.717, 1.165) is 22.7 Å². The zero-order valence-corrected chi connectivity index (χ0v) is 13.6. The van der Waals surface area contributed by atoms with Gasteiger partial charge in [-0.3, -0.25) is 4.79 Å². The predicted octanol–water partition coefficient (Wildman–Crippen LogP) is 3.92. The van der Waals surface area contributed by atoms with Crippen molar-refractivity contribution in [3.05, 3.63) is 66.2 Å². The van der Waals surface area contributed by atoms with Gasteiger partial charge in [-0.2, -0.15) is 0 Å². The van der Waals surface area contributed by atoms with E-state index < -0.39 is 0 Å². The minimum Gasteiger partial charge on any atom is -0.490 e. The van der Waals surface area contributed by atoms with E-state index in [4.69, 9.17) is 4.74 Å². The van der Waals surface area contributed by atoms with E-state index in [-0.39, 0.29) is 12.5 Å². The third-order valence-corrected chi connectivity index (χ3v) is 3.55. The number of benzene rings is 2. The van der Waals surface area contributed by atoms with Crippen molar-refractivity contribution in [2.45, 2.75) is 13.8 Å². The lowest BCUT2D eigenvalue weighted by Crippen LogP contribution is -2.22. The molecule has 2 N–H and O–H groups in total. The average Bonchev–Trinajstić information content (AvgIpc) is 2.55. The summed E-state index contributed by atoms with van der Waals surface area (Å²) < 4.78 is 5.40. The molecule has 0 saturated carbocycles. The number of amides is 1. The molecule has 0 aliphatic heterocycles. The number of anilines is 2. The fourth-order valence-electron chi connectivity index (χ4n) is 2.11. The highest BCUT2D eigenvalue weighted by atomic mass is 16.5. The number of hydrogen-bond acceptors (Lipinski definition) is 3. The quantitative estimate of drug-likeness (QED) is 0.762. The first-order chi connectivity index (χ1) is 11.1. The van der Waals surface area contributed by atoms with Crippen LogP contribution in [0.4, 0.5) is 11.4 Å². The number of carbonyl (C=O) groups excluding carboxylic acids is 1. The van der Waals surface area contributed by atoms with Gasteiger partial charge in [0.15, 0.2) is 0 Å². The Labute approximate surface area is 137 Å². The second kappa shape index (κ2) is 8.03. The van der Waals surface area contributed by atoms with Crippen LogP contribution in [0.15, 0.2) is 55.1 Å². The predicted molar refractivity (Wildman–Crippen MR) is 95.2 cm³/mol. The van der Waals surface area contributed by atoms with Gasteiger partial charge in [0.2, 0.25) is 5.91 Å². The van der Waals surface area contributed by atoms with Gasteiger partial charge >= 0.3 is 0 Å². The van der Waals surface area contributed by atoms with Crippen LogP contribution in [0, 0.1) is 13.8 Å². The van der Waals surface area contributed by atoms with Crippen LogP contribution in [0.1, 0.15) is 11.1 Å². The molecule has 4 heteroatoms. The molecule has 120 valence electrons. The molecule has 2 aromatic rings. The monoisotopic (exact) mass is 310 g/mol. The maximum absolute atomic E-state index is 12.0. The Balaban J connectivity index is 1.87. The van der Waals surface area contributed by atoms with Crippen LogP contribution in [0.5, 0.6) is 5.75 Å². The Kier molecular flexibility index (Phi) is 5.80. The second-order valence-corrected chi connectivity index (χ2v) is 5.27. The number of aryl methyl sites for hydroxylation is 1. The largest absolute Gasteiger partial charge is 0.490 e. The van der Waals surface area contributed by atoms with E-state index in [1.165, 1.54) is 5.56 Å². The highest BCUT2D eigenvalue weighted by Crippen LogP contribution is 2.18. The average molecular weight is 310 g/mol. The molecule has 1 amide bonds. The molecule has 0 aliphatic carbocycles. The van der Waals surface area contributed by atoms with Crippen molar-refractivity contribution in [2.75, 3.05) is 23.8 Å². The first kappa shape index (κ1) is 16.6. The summed E-state index contributed by atoms with van der Waals surface area (Å²) in [6.07, 6.45) is 1.69. The van der Waals surface area contributed by atoms with E-state index in [9.17, 15) is 4.79 Å². The molecule has 23 heavy (non-hydrogen) atoms. The van der Waals surface area contributed by atoms with Crippen LogP contribution in [0.2, 0.25) is 0 Å². The number of ether oxygens (including phenoxy) is 1. The van der Waals surface area contributed by atoms with Gasteiger partial charge in [-0.05, 0) is 55.3 Å². The lowest BCUT2D eigenvalue weighted by atomic mass is 10.1. The van der Waals surface area contributed by atoms with Gasteiger partial charge in [-0.1, -0.05) is 24.8 Å². The summed E-state index contributed by atoms with van der Waals surface area (Å²) in [6, 6.07) is 13.3. The molecule has 0 bridgehead atoms. The van der Waals surface area contributed by atoms with Crippen molar-refractivity contribution < 1.29 is 9.53 Å². The Bertz CT molecular complexity index is 678. The zero-order valence-electron chi connectivity index (χ0n) is 13.6. The maximum atomic E-state index is 12.0. The smallest absolute Gasteiger partial charge is 0.243 e. The Morgan fingerprint density at radius 2 is 1.91 bits per heavy atom. The van der Waals surface area contributed by atoms with Gasteiger partial charge in [0.05, 0.1) is 6.54 Å². The van der Waals surface area contributed by atoms with Gasteiger partial charge in [-0.25, -0.2) is 0 Å². The third kappa shape index (κ3) is 4.88. The number of hydrogen-bond donors (Lipinski definition) is 2. The molecule has 0 radical (unpaired) electrons. The summed E-state index contributed by atoms with van der Waals surface area (Å²) in [7, 11) is 0. The lowest BCUT2D eigenvalue weighted by molar-refractivity contribution is -0.114. The molecular weight excluding hydrogens is 288 g/mol. The maximum Gasteiger partial charge on any atom is 0.243 e. The standard InChI is InChI=1S/C19H22N2O2/c1-4-12-23-17-10-8-16(9-11-17)21-19(22)13-20-18-7-5-6-14(2)15(18)3/h4-11,20H,1,12-13H2,2-3H3,(H,21,22). The number of rotatable bonds is 7.